The molecule has 1 aliphatic rings. The van der Waals surface area contributed by atoms with Gasteiger partial charge in [-0.25, -0.2) is 0 Å². The van der Waals surface area contributed by atoms with Crippen molar-refractivity contribution in [2.75, 3.05) is 33.8 Å². The van der Waals surface area contributed by atoms with E-state index in [0.717, 1.165) is 0 Å². The van der Waals surface area contributed by atoms with Crippen molar-refractivity contribution < 1.29 is 19.1 Å². The molecule has 31 heavy (non-hydrogen) atoms. The van der Waals surface area contributed by atoms with Crippen LogP contribution in [-0.2, 0) is 9.59 Å². The topological polar surface area (TPSA) is 66.9 Å². The zero-order valence-corrected chi connectivity index (χ0v) is 18.3. The fraction of sp³-hybridized carbons (Fsp3) is 0.292. The molecule has 1 aliphatic heterocycles. The molecule has 6 nitrogen and oxygen atoms in total. The normalized spacial score (nSPS) is 18.5. The fourth-order valence-electron chi connectivity index (χ4n) is 3.62. The van der Waals surface area contributed by atoms with Crippen LogP contribution in [-0.4, -0.2) is 61.1 Å². The van der Waals surface area contributed by atoms with Gasteiger partial charge in [-0.05, 0) is 56.1 Å². The maximum absolute atomic E-state index is 13.4. The van der Waals surface area contributed by atoms with E-state index in [1.807, 2.05) is 19.0 Å². The van der Waals surface area contributed by atoms with Crippen LogP contribution in [0.1, 0.15) is 22.0 Å². The Morgan fingerprint density at radius 1 is 1.13 bits per heavy atom. The fourth-order valence-corrected chi connectivity index (χ4v) is 3.74. The molecular weight excluding hydrogens is 416 g/mol. The molecule has 0 radical (unpaired) electrons. The summed E-state index contributed by atoms with van der Waals surface area (Å²) in [5.74, 6) is -2.23. The number of likely N-dealkylation sites (N-methyl/N-ethyl adjacent to an activating group) is 1. The van der Waals surface area contributed by atoms with Gasteiger partial charge in [-0.15, -0.1) is 0 Å². The summed E-state index contributed by atoms with van der Waals surface area (Å²) in [4.78, 5) is 42.6. The monoisotopic (exact) mass is 440 g/mol. The Labute approximate surface area is 187 Å². The molecule has 1 saturated heterocycles. The average Bonchev–Trinajstić information content (AvgIpc) is 3.01. The number of benzene rings is 2. The van der Waals surface area contributed by atoms with Gasteiger partial charge in [0.1, 0.15) is 18.3 Å². The Hall–Kier alpha value is -2.96. The lowest BCUT2D eigenvalue weighted by molar-refractivity contribution is -0.140. The lowest BCUT2D eigenvalue weighted by Crippen LogP contribution is -2.36. The molecule has 2 aromatic carbocycles. The molecule has 2 aromatic rings. The zero-order chi connectivity index (χ0) is 22.5. The molecule has 3 rings (SSSR count). The van der Waals surface area contributed by atoms with E-state index in [-0.39, 0.29) is 5.78 Å². The second-order valence-corrected chi connectivity index (χ2v) is 8.06. The Morgan fingerprint density at radius 3 is 2.35 bits per heavy atom. The number of hydrogen-bond acceptors (Lipinski definition) is 5. The van der Waals surface area contributed by atoms with E-state index in [4.69, 9.17) is 16.3 Å². The van der Waals surface area contributed by atoms with Gasteiger partial charge in [-0.3, -0.25) is 14.4 Å². The summed E-state index contributed by atoms with van der Waals surface area (Å²) in [5.41, 5.74) is 1.05. The highest BCUT2D eigenvalue weighted by Crippen LogP contribution is 2.38. The Balaban J connectivity index is 1.95. The van der Waals surface area contributed by atoms with E-state index in [2.05, 4.69) is 6.58 Å². The van der Waals surface area contributed by atoms with Crippen molar-refractivity contribution in [3.8, 4) is 5.75 Å². The first kappa shape index (κ1) is 22.7. The number of ether oxygens (including phenoxy) is 1. The number of halogens is 1. The lowest BCUT2D eigenvalue weighted by Gasteiger charge is -2.28. The maximum Gasteiger partial charge on any atom is 0.291 e. The van der Waals surface area contributed by atoms with Crippen LogP contribution in [0.3, 0.4) is 0 Å². The molecule has 0 saturated carbocycles. The Morgan fingerprint density at radius 2 is 1.77 bits per heavy atom. The first-order valence-electron chi connectivity index (χ1n) is 9.96. The van der Waals surface area contributed by atoms with Crippen LogP contribution < -0.4 is 4.74 Å². The van der Waals surface area contributed by atoms with E-state index < -0.39 is 23.7 Å². The summed E-state index contributed by atoms with van der Waals surface area (Å²) < 4.78 is 5.45. The SMILES string of the molecule is C=CCOc1ccc(C(=O)C2C(=O)C(=O)N(CCN(C)C)C2c2ccc(Cl)cc2)cc1. The number of rotatable bonds is 9. The van der Waals surface area contributed by atoms with Crippen molar-refractivity contribution in [1.29, 1.82) is 0 Å². The van der Waals surface area contributed by atoms with E-state index in [0.29, 0.717) is 41.6 Å². The molecule has 0 aliphatic carbocycles. The molecule has 0 N–H and O–H groups in total. The summed E-state index contributed by atoms with van der Waals surface area (Å²) in [6.07, 6.45) is 1.63. The van der Waals surface area contributed by atoms with E-state index >= 15 is 0 Å². The molecule has 0 spiro atoms. The zero-order valence-electron chi connectivity index (χ0n) is 17.6. The number of Topliss-reactive ketones (excluding diaryl/α,β-unsaturated/α-hetero) is 2. The Kier molecular flexibility index (Phi) is 7.25. The Bertz CT molecular complexity index is 970. The van der Waals surface area contributed by atoms with Crippen LogP contribution in [0.5, 0.6) is 5.75 Å². The summed E-state index contributed by atoms with van der Waals surface area (Å²) >= 11 is 6.02. The number of carbonyl (C=O) groups is 3. The standard InChI is InChI=1S/C24H25ClN2O4/c1-4-15-31-19-11-7-17(8-12-19)22(28)20-21(16-5-9-18(25)10-6-16)27(14-13-26(2)3)24(30)23(20)29/h4-12,20-21H,1,13-15H2,2-3H3. The number of ketones is 2. The molecule has 2 unspecified atom stereocenters. The van der Waals surface area contributed by atoms with Gasteiger partial charge in [0.15, 0.2) is 5.78 Å². The maximum atomic E-state index is 13.4. The van der Waals surface area contributed by atoms with Crippen molar-refractivity contribution in [3.63, 3.8) is 0 Å². The number of amides is 1. The third-order valence-corrected chi connectivity index (χ3v) is 5.45. The van der Waals surface area contributed by atoms with Crippen LogP contribution in [0.4, 0.5) is 0 Å². The summed E-state index contributed by atoms with van der Waals surface area (Å²) in [6.45, 7) is 4.85. The third kappa shape index (κ3) is 5.03. The minimum Gasteiger partial charge on any atom is -0.490 e. The molecule has 0 aromatic heterocycles. The van der Waals surface area contributed by atoms with Gasteiger partial charge in [-0.2, -0.15) is 0 Å². The molecule has 1 fully saturated rings. The number of likely N-dealkylation sites (tertiary alicyclic amines) is 1. The minimum absolute atomic E-state index is 0.336. The van der Waals surface area contributed by atoms with Crippen LogP contribution >= 0.6 is 11.6 Å². The van der Waals surface area contributed by atoms with Crippen LogP contribution in [0.25, 0.3) is 0 Å². The first-order chi connectivity index (χ1) is 14.8. The van der Waals surface area contributed by atoms with Crippen LogP contribution in [0, 0.1) is 5.92 Å². The van der Waals surface area contributed by atoms with Gasteiger partial charge in [0, 0.05) is 23.7 Å². The lowest BCUT2D eigenvalue weighted by atomic mass is 9.86. The van der Waals surface area contributed by atoms with Gasteiger partial charge < -0.3 is 14.5 Å². The summed E-state index contributed by atoms with van der Waals surface area (Å²) in [6, 6.07) is 12.8. The van der Waals surface area contributed by atoms with Gasteiger partial charge in [0.2, 0.25) is 5.78 Å². The quantitative estimate of drug-likeness (QED) is 0.259. The number of hydrogen-bond donors (Lipinski definition) is 0. The molecular formula is C24H25ClN2O4. The number of carbonyl (C=O) groups excluding carboxylic acids is 3. The smallest absolute Gasteiger partial charge is 0.291 e. The summed E-state index contributed by atoms with van der Waals surface area (Å²) in [7, 11) is 3.77. The highest BCUT2D eigenvalue weighted by Gasteiger charge is 2.51. The second kappa shape index (κ2) is 9.90. The van der Waals surface area contributed by atoms with Crippen LogP contribution in [0.15, 0.2) is 61.2 Å². The van der Waals surface area contributed by atoms with Crippen molar-refractivity contribution in [1.82, 2.24) is 9.80 Å². The predicted octanol–water partition coefficient (Wildman–Crippen LogP) is 3.42. The average molecular weight is 441 g/mol. The van der Waals surface area contributed by atoms with Crippen molar-refractivity contribution in [3.05, 3.63) is 77.3 Å². The highest BCUT2D eigenvalue weighted by atomic mass is 35.5. The summed E-state index contributed by atoms with van der Waals surface area (Å²) in [5, 5.41) is 0.539. The van der Waals surface area contributed by atoms with E-state index in [1.165, 1.54) is 4.90 Å². The van der Waals surface area contributed by atoms with Crippen molar-refractivity contribution in [2.24, 2.45) is 5.92 Å². The van der Waals surface area contributed by atoms with Crippen molar-refractivity contribution >= 4 is 29.1 Å². The second-order valence-electron chi connectivity index (χ2n) is 7.63. The van der Waals surface area contributed by atoms with E-state index in [9.17, 15) is 14.4 Å². The molecule has 0 bridgehead atoms. The van der Waals surface area contributed by atoms with Gasteiger partial charge >= 0.3 is 0 Å². The van der Waals surface area contributed by atoms with Gasteiger partial charge in [0.05, 0.1) is 6.04 Å². The van der Waals surface area contributed by atoms with Crippen molar-refractivity contribution in [2.45, 2.75) is 6.04 Å². The first-order valence-corrected chi connectivity index (χ1v) is 10.3. The molecule has 7 heteroatoms. The predicted molar refractivity (Wildman–Crippen MR) is 119 cm³/mol. The van der Waals surface area contributed by atoms with Crippen LogP contribution in [0.2, 0.25) is 5.02 Å². The molecule has 162 valence electrons. The number of nitrogens with zero attached hydrogens (tertiary/aromatic N) is 2. The van der Waals surface area contributed by atoms with E-state index in [1.54, 1.807) is 54.6 Å². The highest BCUT2D eigenvalue weighted by molar-refractivity contribution is 6.44. The van der Waals surface area contributed by atoms with Gasteiger partial charge in [0.25, 0.3) is 5.91 Å². The molecule has 2 atom stereocenters. The third-order valence-electron chi connectivity index (χ3n) is 5.19. The molecule has 1 heterocycles. The molecule has 1 amide bonds. The largest absolute Gasteiger partial charge is 0.490 e. The minimum atomic E-state index is -1.12. The van der Waals surface area contributed by atoms with Gasteiger partial charge in [-0.1, -0.05) is 36.4 Å².